The number of unbranched alkanes of at least 4 members (excludes halogenated alkanes) is 21. The lowest BCUT2D eigenvalue weighted by Gasteiger charge is -2.24. The molecular formula is C49H89NO5. The third-order valence-corrected chi connectivity index (χ3v) is 10.4. The zero-order valence-corrected chi connectivity index (χ0v) is 36.3. The first kappa shape index (κ1) is 52.8. The van der Waals surface area contributed by atoms with Gasteiger partial charge in [-0.3, -0.25) is 9.59 Å². The van der Waals surface area contributed by atoms with Crippen LogP contribution in [0.1, 0.15) is 226 Å². The third kappa shape index (κ3) is 38.5. The fourth-order valence-electron chi connectivity index (χ4n) is 6.87. The van der Waals surface area contributed by atoms with Gasteiger partial charge in [0.05, 0.1) is 25.2 Å². The smallest absolute Gasteiger partial charge is 0.306 e. The first-order valence-corrected chi connectivity index (χ1v) is 23.4. The number of amides is 1. The van der Waals surface area contributed by atoms with E-state index in [-0.39, 0.29) is 31.3 Å². The molecular weight excluding hydrogens is 683 g/mol. The number of hydrogen-bond donors (Lipinski definition) is 3. The van der Waals surface area contributed by atoms with E-state index in [0.29, 0.717) is 19.3 Å². The zero-order chi connectivity index (χ0) is 40.3. The predicted octanol–water partition coefficient (Wildman–Crippen LogP) is 13.5. The summed E-state index contributed by atoms with van der Waals surface area (Å²) < 4.78 is 5.86. The molecule has 3 N–H and O–H groups in total. The van der Waals surface area contributed by atoms with Crippen molar-refractivity contribution in [3.05, 3.63) is 48.6 Å². The largest absolute Gasteiger partial charge is 0.462 e. The molecule has 0 aromatic carbocycles. The van der Waals surface area contributed by atoms with Crippen LogP contribution in [0.25, 0.3) is 0 Å². The molecule has 0 aromatic heterocycles. The van der Waals surface area contributed by atoms with Gasteiger partial charge in [-0.15, -0.1) is 0 Å². The Labute approximate surface area is 340 Å². The Bertz CT molecular complexity index is 957. The van der Waals surface area contributed by atoms with Crippen molar-refractivity contribution in [1.82, 2.24) is 5.32 Å². The summed E-state index contributed by atoms with van der Waals surface area (Å²) >= 11 is 0. The Morgan fingerprint density at radius 3 is 1.47 bits per heavy atom. The third-order valence-electron chi connectivity index (χ3n) is 10.4. The molecule has 0 fully saturated rings. The molecule has 320 valence electrons. The Hall–Kier alpha value is -2.18. The van der Waals surface area contributed by atoms with Crippen molar-refractivity contribution < 1.29 is 24.5 Å². The summed E-state index contributed by atoms with van der Waals surface area (Å²) in [5.41, 5.74) is 0. The highest BCUT2D eigenvalue weighted by Gasteiger charge is 2.24. The number of carbonyl (C=O) groups excluding carboxylic acids is 2. The van der Waals surface area contributed by atoms with Crippen LogP contribution in [0.4, 0.5) is 0 Å². The van der Waals surface area contributed by atoms with Crippen LogP contribution in [-0.2, 0) is 14.3 Å². The standard InChI is InChI=1S/C49H89NO5/c1-4-7-10-13-16-19-22-24-27-30-33-36-39-42-49(54)55-45(40-37-34-31-28-26-23-20-17-14-11-8-5-2)43-48(53)50-46(44-51)47(52)41-38-35-32-29-25-21-18-15-12-9-6-3/h8,11,17,20,24,27,33,36,45-47,51-52H,4-7,9-10,12-16,18-19,21-23,25-26,28-32,34-35,37-44H2,1-3H3,(H,50,53)/b11-8+,20-17+,27-24-,36-33+. The van der Waals surface area contributed by atoms with Crippen molar-refractivity contribution in [3.63, 3.8) is 0 Å². The minimum atomic E-state index is -0.798. The Kier molecular flexibility index (Phi) is 41.2. The second-order valence-electron chi connectivity index (χ2n) is 15.8. The lowest BCUT2D eigenvalue weighted by molar-refractivity contribution is -0.150. The van der Waals surface area contributed by atoms with Crippen molar-refractivity contribution in [3.8, 4) is 0 Å². The van der Waals surface area contributed by atoms with E-state index in [1.807, 2.05) is 6.08 Å². The van der Waals surface area contributed by atoms with Crippen LogP contribution in [0.2, 0.25) is 0 Å². The van der Waals surface area contributed by atoms with Crippen molar-refractivity contribution >= 4 is 11.9 Å². The number of nitrogens with one attached hydrogen (secondary N) is 1. The van der Waals surface area contributed by atoms with Gasteiger partial charge in [0.2, 0.25) is 5.91 Å². The molecule has 0 saturated heterocycles. The van der Waals surface area contributed by atoms with Crippen LogP contribution < -0.4 is 5.32 Å². The fraction of sp³-hybridized carbons (Fsp3) is 0.796. The molecule has 0 spiro atoms. The zero-order valence-electron chi connectivity index (χ0n) is 36.3. The Morgan fingerprint density at radius 2 is 0.982 bits per heavy atom. The summed E-state index contributed by atoms with van der Waals surface area (Å²) in [6, 6.07) is -0.714. The molecule has 0 saturated carbocycles. The molecule has 6 heteroatoms. The number of rotatable bonds is 41. The van der Waals surface area contributed by atoms with Gasteiger partial charge in [-0.25, -0.2) is 0 Å². The van der Waals surface area contributed by atoms with Gasteiger partial charge in [-0.05, 0) is 70.6 Å². The van der Waals surface area contributed by atoms with E-state index < -0.39 is 18.2 Å². The topological polar surface area (TPSA) is 95.9 Å². The van der Waals surface area contributed by atoms with Crippen LogP contribution in [0.15, 0.2) is 48.6 Å². The molecule has 3 atom stereocenters. The maximum atomic E-state index is 13.1. The molecule has 1 amide bonds. The predicted molar refractivity (Wildman–Crippen MR) is 236 cm³/mol. The normalized spacial score (nSPS) is 13.8. The molecule has 3 unspecified atom stereocenters. The fourth-order valence-corrected chi connectivity index (χ4v) is 6.87. The lowest BCUT2D eigenvalue weighted by Crippen LogP contribution is -2.46. The molecule has 55 heavy (non-hydrogen) atoms. The number of esters is 1. The average Bonchev–Trinajstić information content (AvgIpc) is 3.18. The second-order valence-corrected chi connectivity index (χ2v) is 15.8. The Balaban J connectivity index is 4.68. The number of aliphatic hydroxyl groups excluding tert-OH is 2. The average molecular weight is 772 g/mol. The van der Waals surface area contributed by atoms with Gasteiger partial charge in [-0.2, -0.15) is 0 Å². The van der Waals surface area contributed by atoms with Gasteiger partial charge in [-0.1, -0.05) is 191 Å². The van der Waals surface area contributed by atoms with Gasteiger partial charge in [0.1, 0.15) is 6.10 Å². The van der Waals surface area contributed by atoms with Crippen LogP contribution in [0.5, 0.6) is 0 Å². The minimum absolute atomic E-state index is 0.0456. The van der Waals surface area contributed by atoms with Crippen LogP contribution in [-0.4, -0.2) is 46.9 Å². The van der Waals surface area contributed by atoms with Crippen LogP contribution in [0.3, 0.4) is 0 Å². The molecule has 0 aliphatic carbocycles. The summed E-state index contributed by atoms with van der Waals surface area (Å²) in [5.74, 6) is -0.570. The lowest BCUT2D eigenvalue weighted by atomic mass is 10.0. The molecule has 0 bridgehead atoms. The van der Waals surface area contributed by atoms with Crippen molar-refractivity contribution in [2.75, 3.05) is 6.61 Å². The van der Waals surface area contributed by atoms with E-state index in [0.717, 1.165) is 77.0 Å². The monoisotopic (exact) mass is 772 g/mol. The molecule has 0 rings (SSSR count). The highest BCUT2D eigenvalue weighted by atomic mass is 16.5. The van der Waals surface area contributed by atoms with Crippen molar-refractivity contribution in [2.24, 2.45) is 0 Å². The number of carbonyl (C=O) groups is 2. The summed E-state index contributed by atoms with van der Waals surface area (Å²) in [4.78, 5) is 26.0. The first-order valence-electron chi connectivity index (χ1n) is 23.4. The molecule has 0 radical (unpaired) electrons. The van der Waals surface area contributed by atoms with Gasteiger partial charge in [0.25, 0.3) is 0 Å². The quantitative estimate of drug-likeness (QED) is 0.0327. The molecule has 0 aromatic rings. The van der Waals surface area contributed by atoms with Crippen LogP contribution in [0, 0.1) is 0 Å². The van der Waals surface area contributed by atoms with Gasteiger partial charge in [0, 0.05) is 6.42 Å². The summed E-state index contributed by atoms with van der Waals surface area (Å²) in [5, 5.41) is 23.6. The number of aliphatic hydroxyl groups is 2. The van der Waals surface area contributed by atoms with Crippen molar-refractivity contribution in [1.29, 1.82) is 0 Å². The number of ether oxygens (including phenoxy) is 1. The minimum Gasteiger partial charge on any atom is -0.462 e. The molecule has 0 aliphatic rings. The number of hydrogen-bond acceptors (Lipinski definition) is 5. The summed E-state index contributed by atoms with van der Waals surface area (Å²) in [7, 11) is 0. The van der Waals surface area contributed by atoms with Crippen molar-refractivity contribution in [2.45, 2.75) is 244 Å². The first-order chi connectivity index (χ1) is 27.0. The van der Waals surface area contributed by atoms with E-state index in [2.05, 4.69) is 68.6 Å². The molecule has 0 aliphatic heterocycles. The maximum Gasteiger partial charge on any atom is 0.306 e. The SMILES string of the molecule is CC/C=C/C/C=C/CCCCCCCC(CC(=O)NC(CO)C(O)CCCCCCCCCCCCC)OC(=O)CC/C=C/C/C=C\CCCCCCCC. The summed E-state index contributed by atoms with van der Waals surface area (Å²) in [6.07, 6.45) is 50.4. The summed E-state index contributed by atoms with van der Waals surface area (Å²) in [6.45, 7) is 6.33. The van der Waals surface area contributed by atoms with E-state index in [9.17, 15) is 19.8 Å². The van der Waals surface area contributed by atoms with Crippen LogP contribution >= 0.6 is 0 Å². The van der Waals surface area contributed by atoms with Gasteiger partial charge >= 0.3 is 5.97 Å². The second kappa shape index (κ2) is 43.0. The number of allylic oxidation sites excluding steroid dienone is 8. The molecule has 6 nitrogen and oxygen atoms in total. The van der Waals surface area contributed by atoms with Gasteiger partial charge < -0.3 is 20.3 Å². The highest BCUT2D eigenvalue weighted by Crippen LogP contribution is 2.17. The highest BCUT2D eigenvalue weighted by molar-refractivity contribution is 5.77. The van der Waals surface area contributed by atoms with E-state index >= 15 is 0 Å². The molecule has 0 heterocycles. The van der Waals surface area contributed by atoms with E-state index in [4.69, 9.17) is 4.74 Å². The van der Waals surface area contributed by atoms with E-state index in [1.54, 1.807) is 0 Å². The van der Waals surface area contributed by atoms with E-state index in [1.165, 1.54) is 96.3 Å². The maximum absolute atomic E-state index is 13.1. The Morgan fingerprint density at radius 1 is 0.545 bits per heavy atom. The van der Waals surface area contributed by atoms with Gasteiger partial charge in [0.15, 0.2) is 0 Å².